The first-order chi connectivity index (χ1) is 9.15. The fraction of sp³-hybridized carbons (Fsp3) is 0.571. The maximum Gasteiger partial charge on any atom is 0.138 e. The predicted molar refractivity (Wildman–Crippen MR) is 80.7 cm³/mol. The molecule has 0 radical (unpaired) electrons. The predicted octanol–water partition coefficient (Wildman–Crippen LogP) is 2.99. The minimum absolute atomic E-state index is 0.383. The summed E-state index contributed by atoms with van der Waals surface area (Å²) in [5.41, 5.74) is 7.26. The first kappa shape index (κ1) is 12.8. The molecule has 1 aliphatic carbocycles. The van der Waals surface area contributed by atoms with Gasteiger partial charge in [0.05, 0.1) is 5.39 Å². The van der Waals surface area contributed by atoms with Crippen molar-refractivity contribution in [3.05, 3.63) is 16.8 Å². The molecule has 19 heavy (non-hydrogen) atoms. The van der Waals surface area contributed by atoms with Crippen LogP contribution in [-0.2, 0) is 0 Å². The van der Waals surface area contributed by atoms with Crippen LogP contribution in [0.25, 0.3) is 10.2 Å². The molecule has 0 saturated heterocycles. The van der Waals surface area contributed by atoms with Crippen molar-refractivity contribution in [3.63, 3.8) is 0 Å². The number of nitrogens with zero attached hydrogens (tertiary/aromatic N) is 2. The summed E-state index contributed by atoms with van der Waals surface area (Å²) in [6.07, 6.45) is 6.14. The Morgan fingerprint density at radius 2 is 1.95 bits per heavy atom. The van der Waals surface area contributed by atoms with Gasteiger partial charge < -0.3 is 11.1 Å². The molecule has 0 unspecified atom stereocenters. The smallest absolute Gasteiger partial charge is 0.138 e. The number of rotatable bonds is 2. The molecule has 1 aliphatic rings. The molecule has 2 aromatic rings. The van der Waals surface area contributed by atoms with Gasteiger partial charge in [-0.2, -0.15) is 0 Å². The summed E-state index contributed by atoms with van der Waals surface area (Å²) in [6.45, 7) is 4.30. The Morgan fingerprint density at radius 1 is 1.21 bits per heavy atom. The van der Waals surface area contributed by atoms with E-state index in [1.54, 1.807) is 17.7 Å². The van der Waals surface area contributed by atoms with Crippen molar-refractivity contribution >= 4 is 27.4 Å². The zero-order valence-electron chi connectivity index (χ0n) is 11.4. The number of aryl methyl sites for hydroxylation is 2. The lowest BCUT2D eigenvalue weighted by Gasteiger charge is -2.27. The van der Waals surface area contributed by atoms with Crippen LogP contribution in [0.5, 0.6) is 0 Å². The molecule has 3 rings (SSSR count). The van der Waals surface area contributed by atoms with Crippen LogP contribution in [0.15, 0.2) is 6.33 Å². The van der Waals surface area contributed by atoms with Crippen LogP contribution < -0.4 is 11.1 Å². The molecule has 0 spiro atoms. The van der Waals surface area contributed by atoms with Gasteiger partial charge in [0.15, 0.2) is 0 Å². The third-order valence-corrected chi connectivity index (χ3v) is 5.19. The van der Waals surface area contributed by atoms with Crippen molar-refractivity contribution in [1.29, 1.82) is 0 Å². The van der Waals surface area contributed by atoms with E-state index in [4.69, 9.17) is 5.73 Å². The van der Waals surface area contributed by atoms with Gasteiger partial charge in [0.1, 0.15) is 17.0 Å². The van der Waals surface area contributed by atoms with Gasteiger partial charge in [-0.1, -0.05) is 0 Å². The Bertz CT molecular complexity index is 584. The largest absolute Gasteiger partial charge is 0.367 e. The zero-order chi connectivity index (χ0) is 13.4. The van der Waals surface area contributed by atoms with E-state index in [-0.39, 0.29) is 0 Å². The van der Waals surface area contributed by atoms with Gasteiger partial charge in [-0.15, -0.1) is 11.3 Å². The van der Waals surface area contributed by atoms with E-state index in [0.717, 1.165) is 36.3 Å². The van der Waals surface area contributed by atoms with Crippen LogP contribution in [0.4, 0.5) is 5.82 Å². The molecule has 0 bridgehead atoms. The summed E-state index contributed by atoms with van der Waals surface area (Å²) in [5, 5.41) is 4.79. The topological polar surface area (TPSA) is 63.8 Å². The Morgan fingerprint density at radius 3 is 2.68 bits per heavy atom. The van der Waals surface area contributed by atoms with Gasteiger partial charge in [-0.25, -0.2) is 9.97 Å². The molecular weight excluding hydrogens is 256 g/mol. The van der Waals surface area contributed by atoms with E-state index in [1.807, 2.05) is 0 Å². The van der Waals surface area contributed by atoms with Crippen molar-refractivity contribution < 1.29 is 0 Å². The molecule has 2 heterocycles. The highest BCUT2D eigenvalue weighted by Crippen LogP contribution is 2.33. The highest BCUT2D eigenvalue weighted by Gasteiger charge is 2.20. The average molecular weight is 276 g/mol. The molecule has 1 saturated carbocycles. The Balaban J connectivity index is 1.88. The van der Waals surface area contributed by atoms with Gasteiger partial charge >= 0.3 is 0 Å². The Labute approximate surface area is 117 Å². The maximum atomic E-state index is 5.96. The molecule has 0 aliphatic heterocycles. The summed E-state index contributed by atoms with van der Waals surface area (Å²) in [5.74, 6) is 0.993. The van der Waals surface area contributed by atoms with Crippen LogP contribution in [0.1, 0.15) is 36.1 Å². The van der Waals surface area contributed by atoms with Gasteiger partial charge in [-0.05, 0) is 45.1 Å². The number of anilines is 1. The summed E-state index contributed by atoms with van der Waals surface area (Å²) >= 11 is 1.74. The van der Waals surface area contributed by atoms with Crippen molar-refractivity contribution in [2.75, 3.05) is 5.32 Å². The van der Waals surface area contributed by atoms with Crippen molar-refractivity contribution in [2.45, 2.75) is 51.6 Å². The standard InChI is InChI=1S/C14H20N4S/c1-8-9(2)19-14-12(8)13(16-7-17-14)18-11-5-3-10(15)4-6-11/h7,10-11H,3-6,15H2,1-2H3,(H,16,17,18)/t10-,11-. The highest BCUT2D eigenvalue weighted by molar-refractivity contribution is 7.18. The number of hydrogen-bond acceptors (Lipinski definition) is 5. The third kappa shape index (κ3) is 2.44. The highest BCUT2D eigenvalue weighted by atomic mass is 32.1. The second-order valence-corrected chi connectivity index (χ2v) is 6.64. The average Bonchev–Trinajstić information content (AvgIpc) is 2.69. The number of aromatic nitrogens is 2. The molecule has 4 nitrogen and oxygen atoms in total. The molecule has 3 N–H and O–H groups in total. The summed E-state index contributed by atoms with van der Waals surface area (Å²) < 4.78 is 0. The van der Waals surface area contributed by atoms with Crippen LogP contribution in [0, 0.1) is 13.8 Å². The fourth-order valence-corrected chi connectivity index (χ4v) is 3.75. The van der Waals surface area contributed by atoms with Crippen LogP contribution >= 0.6 is 11.3 Å². The summed E-state index contributed by atoms with van der Waals surface area (Å²) in [4.78, 5) is 11.2. The SMILES string of the molecule is Cc1sc2ncnc(N[C@H]3CC[C@H](N)CC3)c2c1C. The summed E-state index contributed by atoms with van der Waals surface area (Å²) in [6, 6.07) is 0.881. The quantitative estimate of drug-likeness (QED) is 0.885. The Hall–Kier alpha value is -1.20. The lowest BCUT2D eigenvalue weighted by Crippen LogP contribution is -2.33. The normalized spacial score (nSPS) is 23.7. The zero-order valence-corrected chi connectivity index (χ0v) is 12.3. The number of fused-ring (bicyclic) bond motifs is 1. The summed E-state index contributed by atoms with van der Waals surface area (Å²) in [7, 11) is 0. The van der Waals surface area contributed by atoms with Gasteiger partial charge in [0.25, 0.3) is 0 Å². The molecule has 2 aromatic heterocycles. The van der Waals surface area contributed by atoms with E-state index in [1.165, 1.54) is 15.8 Å². The van der Waals surface area contributed by atoms with E-state index >= 15 is 0 Å². The molecule has 102 valence electrons. The van der Waals surface area contributed by atoms with Gasteiger partial charge in [-0.3, -0.25) is 0 Å². The molecule has 0 aromatic carbocycles. The lowest BCUT2D eigenvalue weighted by atomic mass is 9.92. The number of nitrogens with one attached hydrogen (secondary N) is 1. The first-order valence-electron chi connectivity index (χ1n) is 6.88. The Kier molecular flexibility index (Phi) is 3.41. The molecule has 0 amide bonds. The number of thiophene rings is 1. The minimum atomic E-state index is 0.383. The number of hydrogen-bond donors (Lipinski definition) is 2. The van der Waals surface area contributed by atoms with Crippen LogP contribution in [-0.4, -0.2) is 22.1 Å². The van der Waals surface area contributed by atoms with E-state index in [0.29, 0.717) is 12.1 Å². The molecule has 0 atom stereocenters. The van der Waals surface area contributed by atoms with Crippen molar-refractivity contribution in [3.8, 4) is 0 Å². The number of nitrogens with two attached hydrogens (primary N) is 1. The van der Waals surface area contributed by atoms with Gasteiger partial charge in [0.2, 0.25) is 0 Å². The first-order valence-corrected chi connectivity index (χ1v) is 7.69. The van der Waals surface area contributed by atoms with Crippen LogP contribution in [0.3, 0.4) is 0 Å². The minimum Gasteiger partial charge on any atom is -0.367 e. The molecule has 1 fully saturated rings. The second kappa shape index (κ2) is 5.06. The van der Waals surface area contributed by atoms with E-state index in [9.17, 15) is 0 Å². The fourth-order valence-electron chi connectivity index (χ4n) is 2.75. The van der Waals surface area contributed by atoms with Crippen LogP contribution in [0.2, 0.25) is 0 Å². The lowest BCUT2D eigenvalue weighted by molar-refractivity contribution is 0.410. The van der Waals surface area contributed by atoms with Crippen molar-refractivity contribution in [2.24, 2.45) is 5.73 Å². The van der Waals surface area contributed by atoms with Gasteiger partial charge in [0, 0.05) is 17.0 Å². The second-order valence-electron chi connectivity index (χ2n) is 5.44. The monoisotopic (exact) mass is 276 g/mol. The third-order valence-electron chi connectivity index (χ3n) is 4.08. The van der Waals surface area contributed by atoms with E-state index in [2.05, 4.69) is 29.1 Å². The molecule has 5 heteroatoms. The maximum absolute atomic E-state index is 5.96. The van der Waals surface area contributed by atoms with Crippen molar-refractivity contribution in [1.82, 2.24) is 9.97 Å². The van der Waals surface area contributed by atoms with E-state index < -0.39 is 0 Å². The molecular formula is C14H20N4S.